The Labute approximate surface area is 169 Å². The highest BCUT2D eigenvalue weighted by Gasteiger charge is 2.36. The lowest BCUT2D eigenvalue weighted by atomic mass is 10.2. The van der Waals surface area contributed by atoms with Crippen molar-refractivity contribution in [1.29, 1.82) is 0 Å². The van der Waals surface area contributed by atoms with Crippen LogP contribution < -0.4 is 5.32 Å². The molecule has 0 spiro atoms. The first-order valence-corrected chi connectivity index (χ1v) is 8.53. The van der Waals surface area contributed by atoms with E-state index in [0.717, 1.165) is 18.2 Å². The topological polar surface area (TPSA) is 72.4 Å². The lowest BCUT2D eigenvalue weighted by Crippen LogP contribution is -2.16. The molecule has 6 nitrogen and oxygen atoms in total. The van der Waals surface area contributed by atoms with E-state index in [4.69, 9.17) is 4.42 Å². The second-order valence-electron chi connectivity index (χ2n) is 6.33. The average Bonchev–Trinajstić information content (AvgIpc) is 3.35. The zero-order chi connectivity index (χ0) is 22.4. The second-order valence-corrected chi connectivity index (χ2v) is 6.33. The minimum Gasteiger partial charge on any atom is -0.463 e. The Bertz CT molecular complexity index is 1260. The molecule has 12 heteroatoms. The number of rotatable bonds is 3. The van der Waals surface area contributed by atoms with Gasteiger partial charge in [-0.1, -0.05) is 6.07 Å². The monoisotopic (exact) mass is 440 g/mol. The molecule has 0 unspecified atom stereocenters. The fourth-order valence-corrected chi connectivity index (χ4v) is 2.81. The van der Waals surface area contributed by atoms with Crippen molar-refractivity contribution in [2.24, 2.45) is 0 Å². The van der Waals surface area contributed by atoms with Crippen LogP contribution in [0.1, 0.15) is 21.7 Å². The molecule has 31 heavy (non-hydrogen) atoms. The van der Waals surface area contributed by atoms with Gasteiger partial charge >= 0.3 is 12.4 Å². The maximum Gasteiger partial charge on any atom is 0.433 e. The summed E-state index contributed by atoms with van der Waals surface area (Å²) in [5.74, 6) is -0.929. The van der Waals surface area contributed by atoms with Gasteiger partial charge in [-0.25, -0.2) is 9.50 Å². The number of nitrogens with zero attached hydrogens (tertiary/aromatic N) is 3. The fraction of sp³-hybridized carbons (Fsp3) is 0.105. The molecule has 0 aliphatic heterocycles. The van der Waals surface area contributed by atoms with Gasteiger partial charge in [0, 0.05) is 11.8 Å². The van der Waals surface area contributed by atoms with E-state index in [-0.39, 0.29) is 22.8 Å². The summed E-state index contributed by atoms with van der Waals surface area (Å²) in [4.78, 5) is 16.4. The summed E-state index contributed by atoms with van der Waals surface area (Å²) in [6, 6.07) is 8.39. The highest BCUT2D eigenvalue weighted by molar-refractivity contribution is 6.03. The minimum atomic E-state index is -4.83. The van der Waals surface area contributed by atoms with Crippen molar-refractivity contribution in [3.05, 3.63) is 71.7 Å². The highest BCUT2D eigenvalue weighted by Crippen LogP contribution is 2.33. The molecular weight excluding hydrogens is 430 g/mol. The molecule has 0 fully saturated rings. The molecule has 1 N–H and O–H groups in total. The van der Waals surface area contributed by atoms with Crippen LogP contribution in [0.5, 0.6) is 0 Å². The number of halogens is 6. The Hall–Kier alpha value is -3.83. The average molecular weight is 440 g/mol. The Morgan fingerprint density at radius 1 is 0.968 bits per heavy atom. The summed E-state index contributed by atoms with van der Waals surface area (Å²) in [5.41, 5.74) is -3.29. The van der Waals surface area contributed by atoms with Crippen molar-refractivity contribution in [3.8, 4) is 11.5 Å². The first-order valence-electron chi connectivity index (χ1n) is 8.53. The third-order valence-corrected chi connectivity index (χ3v) is 4.17. The minimum absolute atomic E-state index is 0.0733. The van der Waals surface area contributed by atoms with Crippen LogP contribution in [0.3, 0.4) is 0 Å². The summed E-state index contributed by atoms with van der Waals surface area (Å²) in [6.45, 7) is 0. The molecule has 1 amide bonds. The Kier molecular flexibility index (Phi) is 4.71. The molecule has 0 aliphatic carbocycles. The number of hydrogen-bond acceptors (Lipinski definition) is 4. The lowest BCUT2D eigenvalue weighted by molar-refractivity contribution is -0.142. The molecule has 3 aromatic heterocycles. The zero-order valence-corrected chi connectivity index (χ0v) is 15.1. The number of carbonyl (C=O) groups excluding carboxylic acids is 1. The number of nitrogens with one attached hydrogen (secondary N) is 1. The van der Waals surface area contributed by atoms with Crippen molar-refractivity contribution in [2.75, 3.05) is 5.32 Å². The Morgan fingerprint density at radius 3 is 2.39 bits per heavy atom. The van der Waals surface area contributed by atoms with E-state index >= 15 is 0 Å². The summed E-state index contributed by atoms with van der Waals surface area (Å²) in [6.07, 6.45) is -8.19. The van der Waals surface area contributed by atoms with E-state index in [9.17, 15) is 31.1 Å². The molecular formula is C19H10F6N4O2. The van der Waals surface area contributed by atoms with Gasteiger partial charge in [-0.05, 0) is 36.4 Å². The number of furan rings is 1. The normalized spacial score (nSPS) is 12.3. The molecule has 4 rings (SSSR count). The summed E-state index contributed by atoms with van der Waals surface area (Å²) in [7, 11) is 0. The summed E-state index contributed by atoms with van der Waals surface area (Å²) >= 11 is 0. The summed E-state index contributed by atoms with van der Waals surface area (Å²) < 4.78 is 84.6. The van der Waals surface area contributed by atoms with Crippen molar-refractivity contribution in [2.45, 2.75) is 12.4 Å². The third kappa shape index (κ3) is 4.09. The van der Waals surface area contributed by atoms with E-state index in [1.54, 1.807) is 0 Å². The number of amides is 1. The van der Waals surface area contributed by atoms with Crippen molar-refractivity contribution < 1.29 is 35.6 Å². The molecule has 4 aromatic rings. The van der Waals surface area contributed by atoms with Gasteiger partial charge in [0.15, 0.2) is 22.8 Å². The molecule has 0 aliphatic rings. The van der Waals surface area contributed by atoms with Crippen LogP contribution in [0, 0.1) is 0 Å². The maximum absolute atomic E-state index is 13.5. The van der Waals surface area contributed by atoms with Crippen LogP contribution >= 0.6 is 0 Å². The van der Waals surface area contributed by atoms with Gasteiger partial charge in [0.05, 0.1) is 11.8 Å². The Morgan fingerprint density at radius 2 is 1.74 bits per heavy atom. The first kappa shape index (κ1) is 20.4. The summed E-state index contributed by atoms with van der Waals surface area (Å²) in [5, 5.41) is 5.83. The molecule has 1 aromatic carbocycles. The number of fused-ring (bicyclic) bond motifs is 1. The van der Waals surface area contributed by atoms with Gasteiger partial charge in [-0.2, -0.15) is 31.4 Å². The molecule has 0 atom stereocenters. The van der Waals surface area contributed by atoms with Gasteiger partial charge in [0.1, 0.15) is 5.69 Å². The predicted molar refractivity (Wildman–Crippen MR) is 95.1 cm³/mol. The van der Waals surface area contributed by atoms with Crippen LogP contribution in [-0.2, 0) is 12.4 Å². The molecule has 0 saturated heterocycles. The van der Waals surface area contributed by atoms with E-state index in [1.807, 2.05) is 0 Å². The number of benzene rings is 1. The first-order chi connectivity index (χ1) is 14.5. The van der Waals surface area contributed by atoms with Crippen LogP contribution in [0.15, 0.2) is 59.2 Å². The van der Waals surface area contributed by atoms with E-state index in [2.05, 4.69) is 15.4 Å². The van der Waals surface area contributed by atoms with Gasteiger partial charge < -0.3 is 9.73 Å². The fourth-order valence-electron chi connectivity index (χ4n) is 2.81. The highest BCUT2D eigenvalue weighted by atomic mass is 19.4. The van der Waals surface area contributed by atoms with Crippen LogP contribution in [0.4, 0.5) is 32.0 Å². The van der Waals surface area contributed by atoms with Crippen molar-refractivity contribution in [3.63, 3.8) is 0 Å². The predicted octanol–water partition coefficient (Wildman–Crippen LogP) is 5.28. The number of hydrogen-bond donors (Lipinski definition) is 1. The number of alkyl halides is 6. The quantitative estimate of drug-likeness (QED) is 0.440. The van der Waals surface area contributed by atoms with Crippen LogP contribution in [0.25, 0.3) is 17.1 Å². The largest absolute Gasteiger partial charge is 0.463 e. The maximum atomic E-state index is 13.5. The van der Waals surface area contributed by atoms with Gasteiger partial charge in [0.2, 0.25) is 0 Å². The van der Waals surface area contributed by atoms with E-state index in [0.29, 0.717) is 16.6 Å². The van der Waals surface area contributed by atoms with Crippen LogP contribution in [0.2, 0.25) is 0 Å². The number of anilines is 1. The van der Waals surface area contributed by atoms with Crippen LogP contribution in [-0.4, -0.2) is 20.5 Å². The molecule has 0 radical (unpaired) electrons. The van der Waals surface area contributed by atoms with E-state index < -0.39 is 35.2 Å². The molecule has 0 saturated carbocycles. The van der Waals surface area contributed by atoms with Crippen molar-refractivity contribution >= 4 is 17.2 Å². The van der Waals surface area contributed by atoms with E-state index in [1.165, 1.54) is 24.5 Å². The van der Waals surface area contributed by atoms with Crippen molar-refractivity contribution in [1.82, 2.24) is 14.6 Å². The van der Waals surface area contributed by atoms with Gasteiger partial charge in [-0.3, -0.25) is 4.79 Å². The SMILES string of the molecule is O=C(Nc1cccc(C(F)(F)F)c1)c1cc2nc(-c3ccco3)cc(C(F)(F)F)n2n1. The molecule has 3 heterocycles. The zero-order valence-electron chi connectivity index (χ0n) is 15.1. The standard InChI is InChI=1S/C19H10F6N4O2/c20-18(21,22)10-3-1-4-11(7-10)26-17(30)13-9-16-27-12(14-5-2-6-31-14)8-15(19(23,24)25)29(16)28-13/h1-9H,(H,26,30). The second kappa shape index (κ2) is 7.15. The van der Waals surface area contributed by atoms with Gasteiger partial charge in [-0.15, -0.1) is 0 Å². The molecule has 160 valence electrons. The third-order valence-electron chi connectivity index (χ3n) is 4.17. The number of carbonyl (C=O) groups is 1. The Balaban J connectivity index is 1.73. The molecule has 0 bridgehead atoms. The number of aromatic nitrogens is 3. The lowest BCUT2D eigenvalue weighted by Gasteiger charge is -2.10. The smallest absolute Gasteiger partial charge is 0.433 e. The van der Waals surface area contributed by atoms with Gasteiger partial charge in [0.25, 0.3) is 5.91 Å².